The molecule has 2 aromatic carbocycles. The molecule has 0 atom stereocenters. The number of hydrogen-bond donors (Lipinski definition) is 5. The number of carbonyl (C=O) groups excluding carboxylic acids is 3. The maximum absolute atomic E-state index is 12.4. The van der Waals surface area contributed by atoms with E-state index >= 15 is 0 Å². The van der Waals surface area contributed by atoms with E-state index in [1.54, 1.807) is 4.90 Å². The summed E-state index contributed by atoms with van der Waals surface area (Å²) in [6, 6.07) is 9.40. The molecule has 3 amide bonds. The van der Waals surface area contributed by atoms with E-state index in [2.05, 4.69) is 25.4 Å². The van der Waals surface area contributed by atoms with E-state index in [0.717, 1.165) is 24.3 Å². The van der Waals surface area contributed by atoms with Gasteiger partial charge in [-0.2, -0.15) is 0 Å². The van der Waals surface area contributed by atoms with Crippen molar-refractivity contribution in [3.8, 4) is 11.5 Å². The molecule has 272 valence electrons. The number of aliphatic hydroxyl groups is 2. The molecular formula is C32H40F6N4O7. The van der Waals surface area contributed by atoms with Gasteiger partial charge in [-0.1, -0.05) is 20.8 Å². The van der Waals surface area contributed by atoms with Gasteiger partial charge >= 0.3 is 12.7 Å². The number of ether oxygens (including phenoxy) is 2. The highest BCUT2D eigenvalue weighted by Gasteiger charge is 2.41. The highest BCUT2D eigenvalue weighted by Crippen LogP contribution is 2.29. The molecule has 0 bridgehead atoms. The van der Waals surface area contributed by atoms with Crippen LogP contribution in [-0.2, 0) is 14.4 Å². The van der Waals surface area contributed by atoms with Gasteiger partial charge < -0.3 is 40.5 Å². The molecule has 17 heteroatoms. The van der Waals surface area contributed by atoms with Crippen LogP contribution < -0.4 is 25.4 Å². The third-order valence-electron chi connectivity index (χ3n) is 7.59. The van der Waals surface area contributed by atoms with E-state index in [4.69, 9.17) is 0 Å². The number of carbonyl (C=O) groups is 3. The summed E-state index contributed by atoms with van der Waals surface area (Å²) < 4.78 is 80.1. The van der Waals surface area contributed by atoms with Gasteiger partial charge in [-0.15, -0.1) is 26.3 Å². The van der Waals surface area contributed by atoms with Crippen molar-refractivity contribution in [1.82, 2.24) is 10.2 Å². The van der Waals surface area contributed by atoms with Gasteiger partial charge in [0, 0.05) is 43.7 Å². The second-order valence-corrected chi connectivity index (χ2v) is 13.0. The zero-order chi connectivity index (χ0) is 36.7. The van der Waals surface area contributed by atoms with E-state index < -0.39 is 41.5 Å². The second-order valence-electron chi connectivity index (χ2n) is 13.0. The molecule has 0 unspecified atom stereocenters. The minimum absolute atomic E-state index is 0.0183. The zero-order valence-electron chi connectivity index (χ0n) is 27.1. The van der Waals surface area contributed by atoms with Crippen LogP contribution in [-0.4, -0.2) is 82.9 Å². The minimum atomic E-state index is -4.79. The summed E-state index contributed by atoms with van der Waals surface area (Å²) in [5.41, 5.74) is -2.71. The van der Waals surface area contributed by atoms with Crippen LogP contribution in [0, 0.1) is 5.41 Å². The Balaban J connectivity index is 0.000000276. The fraction of sp³-hybridized carbons (Fsp3) is 0.531. The van der Waals surface area contributed by atoms with Crippen LogP contribution in [0.2, 0.25) is 0 Å². The number of likely N-dealkylation sites (tertiary alicyclic amines) is 1. The van der Waals surface area contributed by atoms with Gasteiger partial charge in [-0.05, 0) is 79.9 Å². The summed E-state index contributed by atoms with van der Waals surface area (Å²) in [7, 11) is 0. The van der Waals surface area contributed by atoms with E-state index in [-0.39, 0.29) is 61.5 Å². The number of amides is 3. The summed E-state index contributed by atoms with van der Waals surface area (Å²) in [5.74, 6) is -2.01. The summed E-state index contributed by atoms with van der Waals surface area (Å²) in [4.78, 5) is 38.3. The fourth-order valence-electron chi connectivity index (χ4n) is 4.96. The van der Waals surface area contributed by atoms with Crippen molar-refractivity contribution >= 4 is 29.1 Å². The first-order chi connectivity index (χ1) is 22.6. The average molecular weight is 707 g/mol. The van der Waals surface area contributed by atoms with E-state index in [1.165, 1.54) is 24.3 Å². The molecule has 2 fully saturated rings. The second kappa shape index (κ2) is 15.6. The van der Waals surface area contributed by atoms with Crippen molar-refractivity contribution < 1.29 is 60.4 Å². The highest BCUT2D eigenvalue weighted by molar-refractivity contribution is 5.98. The summed E-state index contributed by atoms with van der Waals surface area (Å²) >= 11 is 0. The van der Waals surface area contributed by atoms with Gasteiger partial charge in [-0.3, -0.25) is 14.4 Å². The molecule has 2 aliphatic heterocycles. The van der Waals surface area contributed by atoms with Gasteiger partial charge in [0.15, 0.2) is 0 Å². The van der Waals surface area contributed by atoms with Crippen LogP contribution in [0.15, 0.2) is 48.5 Å². The number of rotatable bonds is 7. The number of halogens is 6. The number of hydrogen-bond acceptors (Lipinski definition) is 8. The Morgan fingerprint density at radius 2 is 1.08 bits per heavy atom. The van der Waals surface area contributed by atoms with Crippen molar-refractivity contribution in [3.63, 3.8) is 0 Å². The van der Waals surface area contributed by atoms with Gasteiger partial charge in [0.2, 0.25) is 5.91 Å². The molecule has 2 heterocycles. The van der Waals surface area contributed by atoms with Gasteiger partial charge in [0.05, 0.1) is 0 Å². The highest BCUT2D eigenvalue weighted by atomic mass is 19.4. The van der Waals surface area contributed by atoms with Crippen molar-refractivity contribution in [2.45, 2.75) is 76.8 Å². The molecule has 2 aromatic rings. The lowest BCUT2D eigenvalue weighted by molar-refractivity contribution is -0.275. The van der Waals surface area contributed by atoms with E-state index in [1.807, 2.05) is 20.8 Å². The largest absolute Gasteiger partial charge is 0.573 e. The summed E-state index contributed by atoms with van der Waals surface area (Å²) in [6.45, 7) is 7.47. The Hall–Kier alpha value is -4.09. The summed E-state index contributed by atoms with van der Waals surface area (Å²) in [6.07, 6.45) is -8.42. The number of anilines is 2. The van der Waals surface area contributed by atoms with Crippen LogP contribution in [0.3, 0.4) is 0 Å². The number of piperidine rings is 2. The molecule has 0 aromatic heterocycles. The van der Waals surface area contributed by atoms with Crippen molar-refractivity contribution in [2.24, 2.45) is 5.41 Å². The van der Waals surface area contributed by atoms with Crippen molar-refractivity contribution in [1.29, 1.82) is 0 Å². The Kier molecular flexibility index (Phi) is 12.6. The zero-order valence-corrected chi connectivity index (χ0v) is 27.1. The number of nitrogens with one attached hydrogen (secondary N) is 3. The Morgan fingerprint density at radius 3 is 1.43 bits per heavy atom. The van der Waals surface area contributed by atoms with E-state index in [9.17, 15) is 50.9 Å². The summed E-state index contributed by atoms with van der Waals surface area (Å²) in [5, 5.41) is 28.8. The molecule has 49 heavy (non-hydrogen) atoms. The first-order valence-electron chi connectivity index (χ1n) is 15.3. The van der Waals surface area contributed by atoms with Crippen LogP contribution in [0.25, 0.3) is 0 Å². The Morgan fingerprint density at radius 1 is 0.714 bits per heavy atom. The third-order valence-corrected chi connectivity index (χ3v) is 7.59. The van der Waals surface area contributed by atoms with Crippen LogP contribution in [0.5, 0.6) is 11.5 Å². The molecule has 0 saturated carbocycles. The fourth-order valence-corrected chi connectivity index (χ4v) is 4.96. The minimum Gasteiger partial charge on any atom is -0.406 e. The van der Waals surface area contributed by atoms with E-state index in [0.29, 0.717) is 25.2 Å². The monoisotopic (exact) mass is 706 g/mol. The topological polar surface area (TPSA) is 149 Å². The van der Waals surface area contributed by atoms with Crippen LogP contribution >= 0.6 is 0 Å². The Labute approximate surface area is 278 Å². The van der Waals surface area contributed by atoms with Crippen LogP contribution in [0.4, 0.5) is 37.7 Å². The molecule has 4 rings (SSSR count). The van der Waals surface area contributed by atoms with Gasteiger partial charge in [0.1, 0.15) is 22.7 Å². The standard InChI is InChI=1S/C19H25F3N2O4.C13H15F3N2O3/c1-17(2,3)12-15(25)24-10-8-18(27,9-11-24)16(26)23-13-4-6-14(7-5-13)28-19(20,21)22;14-13(15,16)21-10-3-1-9(2-4-10)18-11(19)12(20)5-7-17-8-6-12/h4-7,27H,8-12H2,1-3H3,(H,23,26);1-4,17,20H,5-8H2,(H,18,19). The lowest BCUT2D eigenvalue weighted by Gasteiger charge is -2.38. The van der Waals surface area contributed by atoms with Crippen molar-refractivity contribution in [3.05, 3.63) is 48.5 Å². The lowest BCUT2D eigenvalue weighted by atomic mass is 9.88. The maximum atomic E-state index is 12.4. The molecular weight excluding hydrogens is 666 g/mol. The molecule has 0 spiro atoms. The van der Waals surface area contributed by atoms with Crippen LogP contribution in [0.1, 0.15) is 52.9 Å². The SMILES string of the molecule is CC(C)(C)CC(=O)N1CCC(O)(C(=O)Nc2ccc(OC(F)(F)F)cc2)CC1.O=C(Nc1ccc(OC(F)(F)F)cc1)C1(O)CCNCC1. The molecule has 0 radical (unpaired) electrons. The smallest absolute Gasteiger partial charge is 0.406 e. The molecule has 5 N–H and O–H groups in total. The first-order valence-corrected chi connectivity index (χ1v) is 15.3. The molecule has 2 saturated heterocycles. The predicted octanol–water partition coefficient (Wildman–Crippen LogP) is 4.95. The van der Waals surface area contributed by atoms with Gasteiger partial charge in [-0.25, -0.2) is 0 Å². The number of alkyl halides is 6. The lowest BCUT2D eigenvalue weighted by Crippen LogP contribution is -2.53. The molecule has 0 aliphatic carbocycles. The average Bonchev–Trinajstić information content (AvgIpc) is 2.98. The molecule has 11 nitrogen and oxygen atoms in total. The third kappa shape index (κ3) is 13.0. The van der Waals surface area contributed by atoms with Crippen molar-refractivity contribution in [2.75, 3.05) is 36.8 Å². The predicted molar refractivity (Wildman–Crippen MR) is 165 cm³/mol. The normalized spacial score (nSPS) is 17.6. The van der Waals surface area contributed by atoms with Gasteiger partial charge in [0.25, 0.3) is 11.8 Å². The quantitative estimate of drug-likeness (QED) is 0.254. The number of benzene rings is 2. The Bertz CT molecular complexity index is 1410. The maximum Gasteiger partial charge on any atom is 0.573 e. The first kappa shape index (κ1) is 39.3. The molecule has 2 aliphatic rings. The number of nitrogens with zero attached hydrogens (tertiary/aromatic N) is 1.